The summed E-state index contributed by atoms with van der Waals surface area (Å²) in [5.74, 6) is 0.877. The molecular weight excluding hydrogens is 318 g/mol. The molecule has 4 heteroatoms. The van der Waals surface area contributed by atoms with Crippen molar-refractivity contribution in [3.63, 3.8) is 0 Å². The maximum absolute atomic E-state index is 11.8. The van der Waals surface area contributed by atoms with Gasteiger partial charge in [-0.2, -0.15) is 0 Å². The second kappa shape index (κ2) is 8.25. The lowest BCUT2D eigenvalue weighted by molar-refractivity contribution is 0.269. The maximum atomic E-state index is 11.8. The number of carbonyl (C=O) groups excluding carboxylic acids is 1. The fourth-order valence-corrected chi connectivity index (χ4v) is 2.91. The molecule has 0 fully saturated rings. The molecule has 0 bridgehead atoms. The van der Waals surface area contributed by atoms with Crippen molar-refractivity contribution in [3.05, 3.63) is 58.1 Å². The van der Waals surface area contributed by atoms with Crippen LogP contribution in [-0.2, 0) is 13.0 Å². The van der Waals surface area contributed by atoms with Crippen LogP contribution >= 0.6 is 11.8 Å². The Morgan fingerprint density at radius 2 is 1.88 bits per heavy atom. The average molecular weight is 343 g/mol. The Bertz CT molecular complexity index is 741. The molecule has 0 atom stereocenters. The Balaban J connectivity index is 2.29. The van der Waals surface area contributed by atoms with Gasteiger partial charge in [0.15, 0.2) is 0 Å². The lowest BCUT2D eigenvalue weighted by Crippen LogP contribution is -2.10. The van der Waals surface area contributed by atoms with Gasteiger partial charge >= 0.3 is 0 Å². The summed E-state index contributed by atoms with van der Waals surface area (Å²) in [6, 6.07) is 10.4. The molecule has 0 unspecified atom stereocenters. The van der Waals surface area contributed by atoms with Gasteiger partial charge in [0.2, 0.25) is 0 Å². The Labute approximate surface area is 148 Å². The zero-order valence-electron chi connectivity index (χ0n) is 15.0. The SMILES string of the molecule is CCc1cc(C)c(NC(=O)SC)c(COc2ccc(C)cc2C)c1. The van der Waals surface area contributed by atoms with E-state index >= 15 is 0 Å². The normalized spacial score (nSPS) is 10.5. The van der Waals surface area contributed by atoms with Crippen molar-refractivity contribution in [3.8, 4) is 5.75 Å². The highest BCUT2D eigenvalue weighted by atomic mass is 32.2. The number of anilines is 1. The minimum Gasteiger partial charge on any atom is -0.489 e. The minimum atomic E-state index is -0.0601. The average Bonchev–Trinajstić information content (AvgIpc) is 2.56. The quantitative estimate of drug-likeness (QED) is 0.762. The summed E-state index contributed by atoms with van der Waals surface area (Å²) in [5.41, 5.74) is 6.51. The second-order valence-corrected chi connectivity index (χ2v) is 6.75. The first-order valence-electron chi connectivity index (χ1n) is 8.12. The van der Waals surface area contributed by atoms with Gasteiger partial charge < -0.3 is 10.1 Å². The summed E-state index contributed by atoms with van der Waals surface area (Å²) in [5, 5.41) is 2.92. The molecule has 2 rings (SSSR count). The molecule has 2 aromatic rings. The van der Waals surface area contributed by atoms with Gasteiger partial charge in [-0.15, -0.1) is 0 Å². The van der Waals surface area contributed by atoms with Crippen LogP contribution in [0, 0.1) is 20.8 Å². The van der Waals surface area contributed by atoms with E-state index in [1.165, 1.54) is 22.9 Å². The third-order valence-electron chi connectivity index (χ3n) is 4.01. The van der Waals surface area contributed by atoms with Crippen molar-refractivity contribution >= 4 is 22.7 Å². The summed E-state index contributed by atoms with van der Waals surface area (Å²) in [7, 11) is 0. The zero-order chi connectivity index (χ0) is 17.7. The van der Waals surface area contributed by atoms with E-state index in [0.29, 0.717) is 6.61 Å². The number of hydrogen-bond acceptors (Lipinski definition) is 3. The van der Waals surface area contributed by atoms with Crippen LogP contribution in [0.2, 0.25) is 0 Å². The van der Waals surface area contributed by atoms with Crippen LogP contribution in [0.3, 0.4) is 0 Å². The molecule has 128 valence electrons. The van der Waals surface area contributed by atoms with Crippen LogP contribution in [0.1, 0.15) is 34.7 Å². The number of rotatable bonds is 5. The number of ether oxygens (including phenoxy) is 1. The van der Waals surface area contributed by atoms with Gasteiger partial charge in [0.25, 0.3) is 5.24 Å². The number of amides is 1. The molecule has 24 heavy (non-hydrogen) atoms. The molecule has 0 saturated heterocycles. The number of thioether (sulfide) groups is 1. The highest BCUT2D eigenvalue weighted by Crippen LogP contribution is 2.27. The summed E-state index contributed by atoms with van der Waals surface area (Å²) in [6.45, 7) is 8.70. The van der Waals surface area contributed by atoms with Crippen molar-refractivity contribution in [2.45, 2.75) is 40.7 Å². The van der Waals surface area contributed by atoms with Crippen LogP contribution in [0.15, 0.2) is 30.3 Å². The smallest absolute Gasteiger partial charge is 0.283 e. The molecule has 0 aliphatic rings. The predicted octanol–water partition coefficient (Wildman–Crippen LogP) is 5.65. The molecule has 0 aliphatic heterocycles. The Morgan fingerprint density at radius 1 is 1.12 bits per heavy atom. The van der Waals surface area contributed by atoms with Gasteiger partial charge in [-0.1, -0.05) is 48.5 Å². The molecule has 1 amide bonds. The van der Waals surface area contributed by atoms with E-state index in [2.05, 4.69) is 37.4 Å². The fraction of sp³-hybridized carbons (Fsp3) is 0.350. The number of nitrogens with one attached hydrogen (secondary N) is 1. The summed E-state index contributed by atoms with van der Waals surface area (Å²) < 4.78 is 6.03. The molecule has 0 aliphatic carbocycles. The zero-order valence-corrected chi connectivity index (χ0v) is 15.8. The Hall–Kier alpha value is -1.94. The molecule has 0 radical (unpaired) electrons. The number of hydrogen-bond donors (Lipinski definition) is 1. The van der Waals surface area contributed by atoms with Gasteiger partial charge in [0.05, 0.1) is 5.69 Å². The first kappa shape index (κ1) is 18.4. The molecule has 0 saturated carbocycles. The monoisotopic (exact) mass is 343 g/mol. The van der Waals surface area contributed by atoms with Crippen molar-refractivity contribution in [2.75, 3.05) is 11.6 Å². The van der Waals surface area contributed by atoms with E-state index in [4.69, 9.17) is 4.74 Å². The molecular formula is C20H25NO2S. The van der Waals surface area contributed by atoms with Gasteiger partial charge in [-0.25, -0.2) is 0 Å². The van der Waals surface area contributed by atoms with Crippen molar-refractivity contribution in [2.24, 2.45) is 0 Å². The van der Waals surface area contributed by atoms with Gasteiger partial charge in [-0.05, 0) is 56.2 Å². The molecule has 0 spiro atoms. The largest absolute Gasteiger partial charge is 0.489 e. The first-order valence-corrected chi connectivity index (χ1v) is 9.34. The fourth-order valence-electron chi connectivity index (χ4n) is 2.71. The highest BCUT2D eigenvalue weighted by Gasteiger charge is 2.12. The molecule has 2 aromatic carbocycles. The number of carbonyl (C=O) groups is 1. The van der Waals surface area contributed by atoms with Gasteiger partial charge in [0.1, 0.15) is 12.4 Å². The third-order valence-corrected chi connectivity index (χ3v) is 4.48. The Morgan fingerprint density at radius 3 is 2.50 bits per heavy atom. The predicted molar refractivity (Wildman–Crippen MR) is 103 cm³/mol. The van der Waals surface area contributed by atoms with Crippen LogP contribution in [-0.4, -0.2) is 11.5 Å². The van der Waals surface area contributed by atoms with E-state index in [9.17, 15) is 4.79 Å². The molecule has 0 aromatic heterocycles. The second-order valence-electron chi connectivity index (χ2n) is 5.97. The van der Waals surface area contributed by atoms with Crippen molar-refractivity contribution < 1.29 is 9.53 Å². The van der Waals surface area contributed by atoms with E-state index in [0.717, 1.165) is 34.5 Å². The van der Waals surface area contributed by atoms with Crippen molar-refractivity contribution in [1.82, 2.24) is 0 Å². The summed E-state index contributed by atoms with van der Waals surface area (Å²) >= 11 is 1.17. The first-order chi connectivity index (χ1) is 11.4. The molecule has 1 N–H and O–H groups in total. The van der Waals surface area contributed by atoms with E-state index in [1.807, 2.05) is 26.0 Å². The van der Waals surface area contributed by atoms with E-state index in [-0.39, 0.29) is 5.24 Å². The van der Waals surface area contributed by atoms with Gasteiger partial charge in [0, 0.05) is 5.56 Å². The van der Waals surface area contributed by atoms with Crippen molar-refractivity contribution in [1.29, 1.82) is 0 Å². The number of aryl methyl sites for hydroxylation is 4. The minimum absolute atomic E-state index is 0.0601. The topological polar surface area (TPSA) is 38.3 Å². The standard InChI is InChI=1S/C20H25NO2S/c1-6-16-10-15(4)19(21-20(22)24-5)17(11-16)12-23-18-8-7-13(2)9-14(18)3/h7-11H,6,12H2,1-5H3,(H,21,22). The Kier molecular flexibility index (Phi) is 6.32. The lowest BCUT2D eigenvalue weighted by Gasteiger charge is -2.17. The summed E-state index contributed by atoms with van der Waals surface area (Å²) in [4.78, 5) is 11.8. The van der Waals surface area contributed by atoms with E-state index in [1.54, 1.807) is 6.26 Å². The summed E-state index contributed by atoms with van der Waals surface area (Å²) in [6.07, 6.45) is 2.73. The maximum Gasteiger partial charge on any atom is 0.283 e. The third kappa shape index (κ3) is 4.54. The van der Waals surface area contributed by atoms with Crippen LogP contribution in [0.25, 0.3) is 0 Å². The van der Waals surface area contributed by atoms with Crippen LogP contribution in [0.4, 0.5) is 10.5 Å². The molecule has 3 nitrogen and oxygen atoms in total. The van der Waals surface area contributed by atoms with E-state index < -0.39 is 0 Å². The lowest BCUT2D eigenvalue weighted by atomic mass is 10.0. The van der Waals surface area contributed by atoms with Crippen LogP contribution < -0.4 is 10.1 Å². The number of benzene rings is 2. The highest BCUT2D eigenvalue weighted by molar-refractivity contribution is 8.13. The van der Waals surface area contributed by atoms with Gasteiger partial charge in [-0.3, -0.25) is 4.79 Å². The molecule has 0 heterocycles. The van der Waals surface area contributed by atoms with Crippen LogP contribution in [0.5, 0.6) is 5.75 Å².